The molecule has 4 rings (SSSR count). The predicted molar refractivity (Wildman–Crippen MR) is 128 cm³/mol. The first-order valence-electron chi connectivity index (χ1n) is 11.3. The Balaban J connectivity index is 1.51. The molecule has 184 valence electrons. The molecule has 2 aromatic rings. The van der Waals surface area contributed by atoms with Crippen molar-refractivity contribution in [1.29, 1.82) is 0 Å². The quantitative estimate of drug-likeness (QED) is 0.641. The van der Waals surface area contributed by atoms with Crippen molar-refractivity contribution in [3.05, 3.63) is 36.0 Å². The molecule has 0 saturated carbocycles. The van der Waals surface area contributed by atoms with Gasteiger partial charge in [-0.15, -0.1) is 0 Å². The lowest BCUT2D eigenvalue weighted by Gasteiger charge is -2.32. The molecule has 1 amide bonds. The van der Waals surface area contributed by atoms with Gasteiger partial charge in [0.1, 0.15) is 29.8 Å². The molecule has 2 aliphatic heterocycles. The van der Waals surface area contributed by atoms with E-state index in [2.05, 4.69) is 4.98 Å². The Kier molecular flexibility index (Phi) is 6.37. The van der Waals surface area contributed by atoms with Crippen LogP contribution in [0, 0.1) is 6.92 Å². The van der Waals surface area contributed by atoms with Crippen molar-refractivity contribution in [3.63, 3.8) is 0 Å². The summed E-state index contributed by atoms with van der Waals surface area (Å²) < 4.78 is 41.4. The predicted octanol–water partition coefficient (Wildman–Crippen LogP) is 3.71. The Hall–Kier alpha value is -3.01. The first-order valence-corrected chi connectivity index (χ1v) is 13.2. The molecule has 1 atom stereocenters. The van der Waals surface area contributed by atoms with Gasteiger partial charge in [-0.3, -0.25) is 0 Å². The zero-order valence-electron chi connectivity index (χ0n) is 20.2. The number of amides is 1. The fraction of sp³-hybridized carbons (Fsp3) is 0.500. The number of nitrogens with zero attached hydrogens (tertiary/aromatic N) is 3. The molecule has 0 bridgehead atoms. The lowest BCUT2D eigenvalue weighted by molar-refractivity contribution is 0.0275. The van der Waals surface area contributed by atoms with Crippen molar-refractivity contribution in [2.24, 2.45) is 0 Å². The van der Waals surface area contributed by atoms with E-state index < -0.39 is 15.4 Å². The highest BCUT2D eigenvalue weighted by atomic mass is 32.2. The number of ether oxygens (including phenoxy) is 3. The molecule has 10 heteroatoms. The molecule has 0 N–H and O–H groups in total. The minimum atomic E-state index is -3.39. The van der Waals surface area contributed by atoms with Gasteiger partial charge in [0.25, 0.3) is 0 Å². The van der Waals surface area contributed by atoms with E-state index in [9.17, 15) is 13.2 Å². The van der Waals surface area contributed by atoms with Gasteiger partial charge in [-0.05, 0) is 51.5 Å². The van der Waals surface area contributed by atoms with Crippen molar-refractivity contribution in [2.45, 2.75) is 50.8 Å². The molecule has 0 aliphatic carbocycles. The summed E-state index contributed by atoms with van der Waals surface area (Å²) in [6.45, 7) is 9.41. The number of likely N-dealkylation sites (tertiary alicyclic amines) is 1. The van der Waals surface area contributed by atoms with Crippen LogP contribution in [0.4, 0.5) is 16.2 Å². The summed E-state index contributed by atoms with van der Waals surface area (Å²) in [4.78, 5) is 20.3. The van der Waals surface area contributed by atoms with Crippen molar-refractivity contribution < 1.29 is 27.4 Å². The van der Waals surface area contributed by atoms with Crippen LogP contribution in [0.15, 0.2) is 35.5 Å². The molecule has 2 aliphatic rings. The van der Waals surface area contributed by atoms with Crippen LogP contribution in [0.3, 0.4) is 0 Å². The van der Waals surface area contributed by atoms with Crippen LogP contribution in [0.1, 0.15) is 32.8 Å². The van der Waals surface area contributed by atoms with Crippen LogP contribution >= 0.6 is 0 Å². The molecule has 9 nitrogen and oxygen atoms in total. The van der Waals surface area contributed by atoms with Crippen LogP contribution in [-0.2, 0) is 14.6 Å². The molecule has 3 heterocycles. The van der Waals surface area contributed by atoms with E-state index in [0.717, 1.165) is 17.6 Å². The van der Waals surface area contributed by atoms with E-state index in [1.165, 1.54) is 0 Å². The Bertz CT molecular complexity index is 1190. The molecule has 34 heavy (non-hydrogen) atoms. The summed E-state index contributed by atoms with van der Waals surface area (Å²) in [6, 6.07) is 7.45. The third-order valence-electron chi connectivity index (χ3n) is 5.57. The smallest absolute Gasteiger partial charge is 0.410 e. The molecule has 1 unspecified atom stereocenters. The minimum absolute atomic E-state index is 0.0811. The number of hydrogen-bond donors (Lipinski definition) is 0. The molecular weight excluding hydrogens is 458 g/mol. The van der Waals surface area contributed by atoms with Crippen molar-refractivity contribution in [1.82, 2.24) is 9.88 Å². The van der Waals surface area contributed by atoms with Crippen LogP contribution < -0.4 is 14.4 Å². The summed E-state index contributed by atoms with van der Waals surface area (Å²) in [5.41, 5.74) is 1.65. The van der Waals surface area contributed by atoms with E-state index in [4.69, 9.17) is 14.2 Å². The number of carbonyl (C=O) groups is 1. The van der Waals surface area contributed by atoms with Crippen molar-refractivity contribution >= 4 is 27.3 Å². The first kappa shape index (κ1) is 24.1. The molecule has 0 radical (unpaired) electrons. The largest absolute Gasteiger partial charge is 0.490 e. The van der Waals surface area contributed by atoms with Gasteiger partial charge < -0.3 is 24.0 Å². The topological polar surface area (TPSA) is 98.3 Å². The molecule has 1 saturated heterocycles. The monoisotopic (exact) mass is 489 g/mol. The highest BCUT2D eigenvalue weighted by molar-refractivity contribution is 7.90. The number of hydrogen-bond acceptors (Lipinski definition) is 8. The van der Waals surface area contributed by atoms with Crippen LogP contribution in [0.5, 0.6) is 11.5 Å². The zero-order valence-corrected chi connectivity index (χ0v) is 21.0. The van der Waals surface area contributed by atoms with Crippen molar-refractivity contribution in [2.75, 3.05) is 37.4 Å². The lowest BCUT2D eigenvalue weighted by atomic mass is 10.2. The Labute approximate surface area is 200 Å². The number of fused-ring (bicyclic) bond motifs is 1. The molecular formula is C24H31N3O6S. The third-order valence-corrected chi connectivity index (χ3v) is 6.70. The van der Waals surface area contributed by atoms with E-state index in [-0.39, 0.29) is 17.2 Å². The van der Waals surface area contributed by atoms with E-state index in [1.54, 1.807) is 18.0 Å². The Morgan fingerprint density at radius 2 is 1.97 bits per heavy atom. The fourth-order valence-corrected chi connectivity index (χ4v) is 5.02. The number of rotatable bonds is 4. The standard InChI is InChI=1S/C24H31N3O6S/c1-16-12-17(14-25-22(16)34(5,29)30)27-10-11-31-21-7-6-18(13-20(21)27)32-19-8-9-26(15-19)23(28)33-24(2,3)4/h6-7,12-14,19H,8-11,15H2,1-5H3. The SMILES string of the molecule is Cc1cc(N2CCOc3ccc(OC4CCN(C(=O)OC(C)(C)C)C4)cc32)cnc1S(C)(=O)=O. The maximum atomic E-state index is 12.3. The number of anilines is 2. The van der Waals surface area contributed by atoms with E-state index in [1.807, 2.05) is 49.9 Å². The highest BCUT2D eigenvalue weighted by Gasteiger charge is 2.31. The van der Waals surface area contributed by atoms with E-state index in [0.29, 0.717) is 49.7 Å². The summed E-state index contributed by atoms with van der Waals surface area (Å²) >= 11 is 0. The first-order chi connectivity index (χ1) is 15.9. The van der Waals surface area contributed by atoms with E-state index >= 15 is 0 Å². The number of pyridine rings is 1. The van der Waals surface area contributed by atoms with Gasteiger partial charge in [-0.1, -0.05) is 0 Å². The normalized spacial score (nSPS) is 18.3. The molecule has 1 aromatic carbocycles. The minimum Gasteiger partial charge on any atom is -0.490 e. The molecule has 0 spiro atoms. The number of carbonyl (C=O) groups excluding carboxylic acids is 1. The average Bonchev–Trinajstić information content (AvgIpc) is 3.20. The van der Waals surface area contributed by atoms with Gasteiger partial charge in [0.05, 0.1) is 30.7 Å². The second-order valence-electron chi connectivity index (χ2n) is 9.67. The maximum absolute atomic E-state index is 12.3. The van der Waals surface area contributed by atoms with Gasteiger partial charge in [-0.2, -0.15) is 0 Å². The molecule has 1 fully saturated rings. The number of aromatic nitrogens is 1. The second kappa shape index (κ2) is 8.98. The average molecular weight is 490 g/mol. The lowest BCUT2D eigenvalue weighted by Crippen LogP contribution is -2.36. The van der Waals surface area contributed by atoms with Gasteiger partial charge in [0.2, 0.25) is 0 Å². The number of sulfone groups is 1. The second-order valence-corrected chi connectivity index (χ2v) is 11.6. The van der Waals surface area contributed by atoms with Crippen LogP contribution in [0.2, 0.25) is 0 Å². The summed E-state index contributed by atoms with van der Waals surface area (Å²) in [7, 11) is -3.39. The van der Waals surface area contributed by atoms with Gasteiger partial charge in [-0.25, -0.2) is 18.2 Å². The Morgan fingerprint density at radius 3 is 2.65 bits per heavy atom. The highest BCUT2D eigenvalue weighted by Crippen LogP contribution is 2.40. The van der Waals surface area contributed by atoms with Gasteiger partial charge >= 0.3 is 6.09 Å². The zero-order chi connectivity index (χ0) is 24.7. The third kappa shape index (κ3) is 5.38. The van der Waals surface area contributed by atoms with Crippen molar-refractivity contribution in [3.8, 4) is 11.5 Å². The molecule has 1 aromatic heterocycles. The number of benzene rings is 1. The fourth-order valence-electron chi connectivity index (χ4n) is 4.13. The van der Waals surface area contributed by atoms with Crippen LogP contribution in [0.25, 0.3) is 0 Å². The number of aryl methyl sites for hydroxylation is 1. The van der Waals surface area contributed by atoms with Gasteiger partial charge in [0.15, 0.2) is 14.9 Å². The Morgan fingerprint density at radius 1 is 1.21 bits per heavy atom. The summed E-state index contributed by atoms with van der Waals surface area (Å²) in [5.74, 6) is 1.38. The van der Waals surface area contributed by atoms with Crippen LogP contribution in [-0.4, -0.2) is 68.6 Å². The summed E-state index contributed by atoms with van der Waals surface area (Å²) in [5, 5.41) is 0.0811. The maximum Gasteiger partial charge on any atom is 0.410 e. The summed E-state index contributed by atoms with van der Waals surface area (Å²) in [6.07, 6.45) is 2.97. The van der Waals surface area contributed by atoms with Gasteiger partial charge in [0, 0.05) is 25.3 Å².